The fraction of sp³-hybridized carbons (Fsp3) is 0.556. The molecule has 0 atom stereocenters. The van der Waals surface area contributed by atoms with Crippen LogP contribution in [0.5, 0.6) is 0 Å². The van der Waals surface area contributed by atoms with Crippen LogP contribution in [0.25, 0.3) is 0 Å². The Balaban J connectivity index is 2.80. The Morgan fingerprint density at radius 1 is 1.33 bits per heavy atom. The third-order valence-corrected chi connectivity index (χ3v) is 2.01. The molecule has 12 heavy (non-hydrogen) atoms. The van der Waals surface area contributed by atoms with E-state index in [1.54, 1.807) is 0 Å². The molecular weight excluding hydrogens is 154 g/mol. The van der Waals surface area contributed by atoms with Crippen molar-refractivity contribution >= 4 is 11.8 Å². The summed E-state index contributed by atoms with van der Waals surface area (Å²) in [6.07, 6.45) is 0.676. The fourth-order valence-electron chi connectivity index (χ4n) is 1.16. The highest BCUT2D eigenvalue weighted by molar-refractivity contribution is 6.03. The van der Waals surface area contributed by atoms with Gasteiger partial charge in [0.25, 0.3) is 0 Å². The topological polar surface area (TPSA) is 37.4 Å². The normalized spacial score (nSPS) is 17.8. The lowest BCUT2D eigenvalue weighted by atomic mass is 10.1. The summed E-state index contributed by atoms with van der Waals surface area (Å²) in [7, 11) is 0. The summed E-state index contributed by atoms with van der Waals surface area (Å²) >= 11 is 0. The van der Waals surface area contributed by atoms with Gasteiger partial charge in [0.2, 0.25) is 11.8 Å². The van der Waals surface area contributed by atoms with E-state index in [9.17, 15) is 9.59 Å². The molecule has 1 aliphatic heterocycles. The number of carbonyl (C=O) groups excluding carboxylic acids is 2. The van der Waals surface area contributed by atoms with Gasteiger partial charge in [-0.25, -0.2) is 0 Å². The second kappa shape index (κ2) is 3.09. The van der Waals surface area contributed by atoms with Crippen LogP contribution >= 0.6 is 0 Å². The largest absolute Gasteiger partial charge is 0.274 e. The number of nitrogens with zero attached hydrogens (tertiary/aromatic N) is 1. The molecule has 0 N–H and O–H groups in total. The summed E-state index contributed by atoms with van der Waals surface area (Å²) in [4.78, 5) is 23.6. The zero-order chi connectivity index (χ0) is 9.30. The molecule has 0 aliphatic carbocycles. The summed E-state index contributed by atoms with van der Waals surface area (Å²) in [6.45, 7) is 7.56. The van der Waals surface area contributed by atoms with Crippen LogP contribution in [0.4, 0.5) is 0 Å². The lowest BCUT2D eigenvalue weighted by molar-refractivity contribution is -0.136. The molecule has 0 aromatic carbocycles. The number of imide groups is 1. The second-order valence-corrected chi connectivity index (χ2v) is 3.27. The van der Waals surface area contributed by atoms with Crippen LogP contribution in [-0.4, -0.2) is 16.7 Å². The molecule has 1 aliphatic rings. The maximum Gasteiger partial charge on any atom is 0.234 e. The van der Waals surface area contributed by atoms with E-state index in [4.69, 9.17) is 0 Å². The predicted molar refractivity (Wildman–Crippen MR) is 45.1 cm³/mol. The van der Waals surface area contributed by atoms with Crippen molar-refractivity contribution in [2.24, 2.45) is 5.92 Å². The van der Waals surface area contributed by atoms with Crippen molar-refractivity contribution in [1.82, 2.24) is 4.90 Å². The molecule has 0 bridgehead atoms. The van der Waals surface area contributed by atoms with E-state index in [2.05, 4.69) is 6.58 Å². The van der Waals surface area contributed by atoms with Crippen LogP contribution in [0.2, 0.25) is 0 Å². The average Bonchev–Trinajstić information content (AvgIpc) is 2.30. The highest BCUT2D eigenvalue weighted by atomic mass is 16.2. The predicted octanol–water partition coefficient (Wildman–Crippen LogP) is 1.31. The molecule has 3 heteroatoms. The summed E-state index contributed by atoms with van der Waals surface area (Å²) in [5.41, 5.74) is 0.613. The van der Waals surface area contributed by atoms with Crippen LogP contribution < -0.4 is 0 Å². The van der Waals surface area contributed by atoms with Crippen LogP contribution in [0.15, 0.2) is 12.3 Å². The molecule has 3 nitrogen and oxygen atoms in total. The lowest BCUT2D eigenvalue weighted by Gasteiger charge is -2.19. The van der Waals surface area contributed by atoms with Crippen molar-refractivity contribution in [1.29, 1.82) is 0 Å². The third-order valence-electron chi connectivity index (χ3n) is 2.01. The Morgan fingerprint density at radius 3 is 2.08 bits per heavy atom. The van der Waals surface area contributed by atoms with Gasteiger partial charge in [-0.3, -0.25) is 14.5 Å². The molecule has 1 heterocycles. The number of rotatable bonds is 2. The first-order chi connectivity index (χ1) is 5.54. The highest BCUT2D eigenvalue weighted by Gasteiger charge is 2.31. The van der Waals surface area contributed by atoms with Crippen molar-refractivity contribution in [3.05, 3.63) is 12.3 Å². The number of hydrogen-bond donors (Lipinski definition) is 0. The molecule has 0 saturated carbocycles. The Hall–Kier alpha value is -1.12. The third kappa shape index (κ3) is 1.40. The second-order valence-electron chi connectivity index (χ2n) is 3.27. The monoisotopic (exact) mass is 167 g/mol. The first kappa shape index (κ1) is 8.97. The molecule has 0 spiro atoms. The summed E-state index contributed by atoms with van der Waals surface area (Å²) in [5, 5.41) is 0. The highest BCUT2D eigenvalue weighted by Crippen LogP contribution is 2.21. The zero-order valence-corrected chi connectivity index (χ0v) is 7.46. The van der Waals surface area contributed by atoms with Gasteiger partial charge < -0.3 is 0 Å². The molecule has 0 aromatic rings. The van der Waals surface area contributed by atoms with E-state index in [0.717, 1.165) is 0 Å². The van der Waals surface area contributed by atoms with Crippen molar-refractivity contribution < 1.29 is 9.59 Å². The Labute approximate surface area is 72.0 Å². The maximum atomic E-state index is 11.2. The van der Waals surface area contributed by atoms with Crippen LogP contribution in [0, 0.1) is 5.92 Å². The molecule has 1 rings (SSSR count). The van der Waals surface area contributed by atoms with Crippen LogP contribution in [0.3, 0.4) is 0 Å². The van der Waals surface area contributed by atoms with Gasteiger partial charge in [0.1, 0.15) is 0 Å². The van der Waals surface area contributed by atoms with E-state index in [-0.39, 0.29) is 17.7 Å². The molecular formula is C9H13NO2. The zero-order valence-electron chi connectivity index (χ0n) is 7.46. The number of allylic oxidation sites excluding steroid dienone is 1. The van der Waals surface area contributed by atoms with E-state index in [0.29, 0.717) is 18.5 Å². The molecule has 0 radical (unpaired) electrons. The standard InChI is InChI=1S/C9H13NO2/c1-6(2)7(3)10-8(11)4-5-9(10)12/h6H,3-5H2,1-2H3. The number of likely N-dealkylation sites (tertiary alicyclic amines) is 1. The van der Waals surface area contributed by atoms with Crippen molar-refractivity contribution in [2.45, 2.75) is 26.7 Å². The molecule has 2 amide bonds. The van der Waals surface area contributed by atoms with Gasteiger partial charge in [-0.1, -0.05) is 20.4 Å². The Morgan fingerprint density at radius 2 is 1.75 bits per heavy atom. The van der Waals surface area contributed by atoms with Crippen molar-refractivity contribution in [3.8, 4) is 0 Å². The first-order valence-electron chi connectivity index (χ1n) is 4.08. The molecule has 0 aromatic heterocycles. The number of amides is 2. The average molecular weight is 167 g/mol. The SMILES string of the molecule is C=C(C(C)C)N1C(=O)CCC1=O. The van der Waals surface area contributed by atoms with E-state index in [1.165, 1.54) is 4.90 Å². The molecule has 1 fully saturated rings. The van der Waals surface area contributed by atoms with E-state index in [1.807, 2.05) is 13.8 Å². The smallest absolute Gasteiger partial charge is 0.234 e. The van der Waals surface area contributed by atoms with Gasteiger partial charge >= 0.3 is 0 Å². The minimum Gasteiger partial charge on any atom is -0.274 e. The minimum atomic E-state index is -0.112. The number of hydrogen-bond acceptors (Lipinski definition) is 2. The van der Waals surface area contributed by atoms with Crippen molar-refractivity contribution in [2.75, 3.05) is 0 Å². The Kier molecular flexibility index (Phi) is 2.31. The van der Waals surface area contributed by atoms with E-state index < -0.39 is 0 Å². The van der Waals surface area contributed by atoms with Gasteiger partial charge in [-0.05, 0) is 5.92 Å². The van der Waals surface area contributed by atoms with Gasteiger partial charge in [0.15, 0.2) is 0 Å². The van der Waals surface area contributed by atoms with Crippen LogP contribution in [-0.2, 0) is 9.59 Å². The van der Waals surface area contributed by atoms with E-state index >= 15 is 0 Å². The Bertz CT molecular complexity index is 227. The summed E-state index contributed by atoms with van der Waals surface area (Å²) < 4.78 is 0. The van der Waals surface area contributed by atoms with Gasteiger partial charge in [0.05, 0.1) is 0 Å². The molecule has 1 saturated heterocycles. The fourth-order valence-corrected chi connectivity index (χ4v) is 1.16. The molecule has 66 valence electrons. The number of carbonyl (C=O) groups is 2. The van der Waals surface area contributed by atoms with Crippen LogP contribution in [0.1, 0.15) is 26.7 Å². The molecule has 0 unspecified atom stereocenters. The lowest BCUT2D eigenvalue weighted by Crippen LogP contribution is -2.29. The minimum absolute atomic E-state index is 0.112. The van der Waals surface area contributed by atoms with Gasteiger partial charge in [-0.15, -0.1) is 0 Å². The maximum absolute atomic E-state index is 11.2. The van der Waals surface area contributed by atoms with Gasteiger partial charge in [-0.2, -0.15) is 0 Å². The summed E-state index contributed by atoms with van der Waals surface area (Å²) in [5.74, 6) is -0.0756. The van der Waals surface area contributed by atoms with Gasteiger partial charge in [0, 0.05) is 18.5 Å². The summed E-state index contributed by atoms with van der Waals surface area (Å²) in [6, 6.07) is 0. The first-order valence-corrected chi connectivity index (χ1v) is 4.08. The van der Waals surface area contributed by atoms with Crippen molar-refractivity contribution in [3.63, 3.8) is 0 Å². The quantitative estimate of drug-likeness (QED) is 0.581.